The number of fused-ring (bicyclic) bond motifs is 4. The van der Waals surface area contributed by atoms with Crippen molar-refractivity contribution in [3.63, 3.8) is 0 Å². The summed E-state index contributed by atoms with van der Waals surface area (Å²) in [6.07, 6.45) is 0. The fraction of sp³-hybridized carbons (Fsp3) is 0.0303. The van der Waals surface area contributed by atoms with Crippen LogP contribution in [-0.4, -0.2) is 10.4 Å². The quantitative estimate of drug-likeness (QED) is 0.263. The lowest BCUT2D eigenvalue weighted by Gasteiger charge is -2.29. The Morgan fingerprint density at radius 2 is 1.19 bits per heavy atom. The van der Waals surface area contributed by atoms with Crippen molar-refractivity contribution < 1.29 is 4.79 Å². The maximum absolute atomic E-state index is 13.8. The molecule has 3 heteroatoms. The number of benzene rings is 5. The number of pyridine rings is 1. The van der Waals surface area contributed by atoms with E-state index in [1.54, 1.807) is 0 Å². The molecule has 1 unspecified atom stereocenters. The number of nitrogens with zero attached hydrogens (tertiary/aromatic N) is 1. The number of ketones is 1. The zero-order valence-corrected chi connectivity index (χ0v) is 19.4. The third-order valence-electron chi connectivity index (χ3n) is 7.26. The van der Waals surface area contributed by atoms with Crippen LogP contribution in [0.4, 0.5) is 0 Å². The van der Waals surface area contributed by atoms with Crippen molar-refractivity contribution >= 4 is 27.6 Å². The number of carbonyl (C=O) groups is 1. The Morgan fingerprint density at radius 3 is 2.00 bits per heavy atom. The summed E-state index contributed by atoms with van der Waals surface area (Å²) in [5.41, 5.74) is 6.81. The predicted molar refractivity (Wildman–Crippen MR) is 144 cm³/mol. The first-order chi connectivity index (χ1) is 17.7. The molecule has 0 fully saturated rings. The standard InChI is InChI=1S/C33H21NO2/c35-32-24-16-8-7-15-23(24)31(21-11-3-1-4-12-21)26-19-28-30(20-27(26)32)34(22-13-5-2-6-14-22)29-18-10-9-17-25(29)33(28)36/h1-20,31H. The van der Waals surface area contributed by atoms with Crippen LogP contribution in [0, 0.1) is 0 Å². The number of rotatable bonds is 2. The van der Waals surface area contributed by atoms with Gasteiger partial charge in [-0.05, 0) is 53.1 Å². The number of aromatic nitrogens is 1. The smallest absolute Gasteiger partial charge is 0.197 e. The molecule has 0 saturated heterocycles. The molecule has 1 atom stereocenters. The largest absolute Gasteiger partial charge is 0.309 e. The molecular formula is C33H21NO2. The molecule has 0 amide bonds. The SMILES string of the molecule is O=C1c2ccccc2C(c2ccccc2)c2cc3c(=O)c4ccccc4n(-c4ccccc4)c3cc21. The minimum atomic E-state index is -0.129. The Bertz CT molecular complexity index is 1870. The molecule has 0 radical (unpaired) electrons. The Balaban J connectivity index is 1.64. The molecule has 0 spiro atoms. The van der Waals surface area contributed by atoms with Crippen LogP contribution in [0.15, 0.2) is 126 Å². The average molecular weight is 464 g/mol. The van der Waals surface area contributed by atoms with E-state index in [1.807, 2.05) is 109 Å². The summed E-state index contributed by atoms with van der Waals surface area (Å²) in [7, 11) is 0. The van der Waals surface area contributed by atoms with E-state index >= 15 is 0 Å². The number of para-hydroxylation sites is 2. The molecule has 1 aromatic heterocycles. The lowest BCUT2D eigenvalue weighted by atomic mass is 9.74. The van der Waals surface area contributed by atoms with Gasteiger partial charge in [0, 0.05) is 33.5 Å². The molecule has 0 N–H and O–H groups in total. The van der Waals surface area contributed by atoms with Gasteiger partial charge in [-0.25, -0.2) is 0 Å². The van der Waals surface area contributed by atoms with E-state index in [4.69, 9.17) is 0 Å². The van der Waals surface area contributed by atoms with Crippen LogP contribution in [-0.2, 0) is 0 Å². The highest BCUT2D eigenvalue weighted by molar-refractivity contribution is 6.15. The van der Waals surface area contributed by atoms with Crippen molar-refractivity contribution in [2.75, 3.05) is 0 Å². The molecule has 0 aliphatic heterocycles. The first kappa shape index (κ1) is 20.6. The van der Waals surface area contributed by atoms with Gasteiger partial charge in [-0.15, -0.1) is 0 Å². The Labute approximate surface area is 207 Å². The fourth-order valence-electron chi connectivity index (χ4n) is 5.67. The minimum Gasteiger partial charge on any atom is -0.309 e. The van der Waals surface area contributed by atoms with Crippen molar-refractivity contribution in [3.05, 3.63) is 159 Å². The van der Waals surface area contributed by atoms with Gasteiger partial charge in [0.2, 0.25) is 0 Å². The second-order valence-corrected chi connectivity index (χ2v) is 9.23. The zero-order chi connectivity index (χ0) is 24.2. The minimum absolute atomic E-state index is 0.00472. The van der Waals surface area contributed by atoms with Gasteiger partial charge < -0.3 is 4.57 Å². The van der Waals surface area contributed by atoms with Gasteiger partial charge in [-0.2, -0.15) is 0 Å². The number of hydrogen-bond acceptors (Lipinski definition) is 2. The second-order valence-electron chi connectivity index (χ2n) is 9.23. The molecule has 1 aliphatic rings. The summed E-state index contributed by atoms with van der Waals surface area (Å²) in [5, 5.41) is 1.28. The fourth-order valence-corrected chi connectivity index (χ4v) is 5.67. The van der Waals surface area contributed by atoms with Crippen LogP contribution in [0.25, 0.3) is 27.5 Å². The molecule has 1 heterocycles. The summed E-state index contributed by atoms with van der Waals surface area (Å²) in [6.45, 7) is 0. The molecule has 1 aliphatic carbocycles. The molecule has 7 rings (SSSR count). The van der Waals surface area contributed by atoms with E-state index in [9.17, 15) is 9.59 Å². The van der Waals surface area contributed by atoms with Crippen molar-refractivity contribution in [2.45, 2.75) is 5.92 Å². The van der Waals surface area contributed by atoms with Gasteiger partial charge in [0.15, 0.2) is 11.2 Å². The molecule has 0 bridgehead atoms. The van der Waals surface area contributed by atoms with E-state index < -0.39 is 0 Å². The third-order valence-corrected chi connectivity index (χ3v) is 7.26. The van der Waals surface area contributed by atoms with Gasteiger partial charge in [-0.1, -0.05) is 84.9 Å². The lowest BCUT2D eigenvalue weighted by Crippen LogP contribution is -2.22. The summed E-state index contributed by atoms with van der Waals surface area (Å²) in [4.78, 5) is 27.7. The molecular weight excluding hydrogens is 442 g/mol. The average Bonchev–Trinajstić information content (AvgIpc) is 2.94. The Morgan fingerprint density at radius 1 is 0.528 bits per heavy atom. The van der Waals surface area contributed by atoms with Gasteiger partial charge >= 0.3 is 0 Å². The van der Waals surface area contributed by atoms with Crippen molar-refractivity contribution in [1.29, 1.82) is 0 Å². The highest BCUT2D eigenvalue weighted by Gasteiger charge is 2.33. The maximum Gasteiger partial charge on any atom is 0.197 e. The van der Waals surface area contributed by atoms with Crippen molar-refractivity contribution in [2.24, 2.45) is 0 Å². The molecule has 36 heavy (non-hydrogen) atoms. The van der Waals surface area contributed by atoms with Gasteiger partial charge in [-0.3, -0.25) is 9.59 Å². The zero-order valence-electron chi connectivity index (χ0n) is 19.4. The second kappa shape index (κ2) is 7.89. The Kier molecular flexibility index (Phi) is 4.52. The Hall–Kier alpha value is -4.76. The van der Waals surface area contributed by atoms with Crippen LogP contribution in [0.1, 0.15) is 38.5 Å². The van der Waals surface area contributed by atoms with E-state index in [0.717, 1.165) is 33.4 Å². The predicted octanol–water partition coefficient (Wildman–Crippen LogP) is 6.87. The highest BCUT2D eigenvalue weighted by atomic mass is 16.1. The molecule has 3 nitrogen and oxygen atoms in total. The number of hydrogen-bond donors (Lipinski definition) is 0. The van der Waals surface area contributed by atoms with Gasteiger partial charge in [0.05, 0.1) is 11.0 Å². The van der Waals surface area contributed by atoms with Crippen LogP contribution < -0.4 is 5.43 Å². The van der Waals surface area contributed by atoms with Gasteiger partial charge in [0.25, 0.3) is 0 Å². The third kappa shape index (κ3) is 2.93. The van der Waals surface area contributed by atoms with E-state index in [0.29, 0.717) is 21.9 Å². The van der Waals surface area contributed by atoms with E-state index in [1.165, 1.54) is 0 Å². The monoisotopic (exact) mass is 463 g/mol. The normalized spacial score (nSPS) is 14.6. The number of carbonyl (C=O) groups excluding carboxylic acids is 1. The van der Waals surface area contributed by atoms with Crippen LogP contribution >= 0.6 is 0 Å². The summed E-state index contributed by atoms with van der Waals surface area (Å²) in [5.74, 6) is -0.134. The molecule has 0 saturated carbocycles. The maximum atomic E-state index is 13.8. The van der Waals surface area contributed by atoms with E-state index in [2.05, 4.69) is 16.7 Å². The van der Waals surface area contributed by atoms with Crippen molar-refractivity contribution in [1.82, 2.24) is 4.57 Å². The lowest BCUT2D eigenvalue weighted by molar-refractivity contribution is 0.103. The van der Waals surface area contributed by atoms with E-state index in [-0.39, 0.29) is 17.1 Å². The molecule has 6 aromatic rings. The summed E-state index contributed by atoms with van der Waals surface area (Å²) in [6, 6.07) is 39.6. The molecule has 5 aromatic carbocycles. The van der Waals surface area contributed by atoms with Gasteiger partial charge in [0.1, 0.15) is 0 Å². The summed E-state index contributed by atoms with van der Waals surface area (Å²) >= 11 is 0. The van der Waals surface area contributed by atoms with Crippen LogP contribution in [0.5, 0.6) is 0 Å². The first-order valence-electron chi connectivity index (χ1n) is 12.1. The molecule has 170 valence electrons. The van der Waals surface area contributed by atoms with Crippen LogP contribution in [0.3, 0.4) is 0 Å². The summed E-state index contributed by atoms with van der Waals surface area (Å²) < 4.78 is 2.09. The first-order valence-corrected chi connectivity index (χ1v) is 12.1. The highest BCUT2D eigenvalue weighted by Crippen LogP contribution is 2.42. The topological polar surface area (TPSA) is 39.1 Å². The van der Waals surface area contributed by atoms with Crippen LogP contribution in [0.2, 0.25) is 0 Å². The van der Waals surface area contributed by atoms with Crippen molar-refractivity contribution in [3.8, 4) is 5.69 Å².